The summed E-state index contributed by atoms with van der Waals surface area (Å²) in [4.78, 5) is 11.2. The van der Waals surface area contributed by atoms with Crippen molar-refractivity contribution in [3.63, 3.8) is 0 Å². The van der Waals surface area contributed by atoms with E-state index in [1.54, 1.807) is 6.08 Å². The molecule has 0 aliphatic heterocycles. The Balaban J connectivity index is 2.12. The minimum Gasteiger partial charge on any atom is -0.490 e. The van der Waals surface area contributed by atoms with E-state index in [0.717, 1.165) is 11.1 Å². The van der Waals surface area contributed by atoms with E-state index in [-0.39, 0.29) is 5.91 Å². The van der Waals surface area contributed by atoms with Gasteiger partial charge in [-0.25, -0.2) is 5.84 Å². The number of nitrogens with one attached hydrogen (secondary N) is 1. The first-order chi connectivity index (χ1) is 11.6. The van der Waals surface area contributed by atoms with Crippen LogP contribution in [-0.4, -0.2) is 12.5 Å². The van der Waals surface area contributed by atoms with E-state index in [1.807, 2.05) is 42.7 Å². The molecule has 0 radical (unpaired) electrons. The van der Waals surface area contributed by atoms with Gasteiger partial charge < -0.3 is 9.47 Å². The fourth-order valence-electron chi connectivity index (χ4n) is 2.08. The van der Waals surface area contributed by atoms with Crippen LogP contribution in [0.25, 0.3) is 6.08 Å². The summed E-state index contributed by atoms with van der Waals surface area (Å²) in [6, 6.07) is 13.7. The minimum atomic E-state index is -0.368. The average Bonchev–Trinajstić information content (AvgIpc) is 2.60. The van der Waals surface area contributed by atoms with Crippen LogP contribution >= 0.6 is 0 Å². The van der Waals surface area contributed by atoms with Gasteiger partial charge in [-0.2, -0.15) is 0 Å². The molecule has 0 aliphatic carbocycles. The Kier molecular flexibility index (Phi) is 6.40. The zero-order chi connectivity index (χ0) is 17.4. The lowest BCUT2D eigenvalue weighted by Gasteiger charge is -2.13. The van der Waals surface area contributed by atoms with Gasteiger partial charge in [0.1, 0.15) is 6.61 Å². The van der Waals surface area contributed by atoms with Crippen LogP contribution in [0, 0.1) is 6.92 Å². The predicted molar refractivity (Wildman–Crippen MR) is 94.5 cm³/mol. The van der Waals surface area contributed by atoms with E-state index in [2.05, 4.69) is 19.1 Å². The van der Waals surface area contributed by atoms with Crippen molar-refractivity contribution >= 4 is 12.0 Å². The van der Waals surface area contributed by atoms with Crippen LogP contribution in [0.4, 0.5) is 0 Å². The molecule has 0 spiro atoms. The highest BCUT2D eigenvalue weighted by atomic mass is 16.5. The number of benzene rings is 2. The fourth-order valence-corrected chi connectivity index (χ4v) is 2.08. The SMILES string of the molecule is CCOc1cc(/C=C/C(=O)NN)ccc1OCc1ccc(C)cc1. The van der Waals surface area contributed by atoms with Crippen LogP contribution in [0.15, 0.2) is 48.5 Å². The lowest BCUT2D eigenvalue weighted by molar-refractivity contribution is -0.116. The Morgan fingerprint density at radius 2 is 1.88 bits per heavy atom. The summed E-state index contributed by atoms with van der Waals surface area (Å²) in [6.07, 6.45) is 3.02. The van der Waals surface area contributed by atoms with Gasteiger partial charge in [0.2, 0.25) is 0 Å². The normalized spacial score (nSPS) is 10.6. The van der Waals surface area contributed by atoms with Gasteiger partial charge in [0, 0.05) is 6.08 Å². The number of ether oxygens (including phenoxy) is 2. The third kappa shape index (κ3) is 5.14. The molecule has 3 N–H and O–H groups in total. The highest BCUT2D eigenvalue weighted by Gasteiger charge is 2.06. The summed E-state index contributed by atoms with van der Waals surface area (Å²) in [5.41, 5.74) is 5.17. The van der Waals surface area contributed by atoms with Crippen LogP contribution in [0.1, 0.15) is 23.6 Å². The average molecular weight is 326 g/mol. The number of carbonyl (C=O) groups excluding carboxylic acids is 1. The molecule has 24 heavy (non-hydrogen) atoms. The Bertz CT molecular complexity index is 709. The second-order valence-electron chi connectivity index (χ2n) is 5.26. The quantitative estimate of drug-likeness (QED) is 0.355. The Labute approximate surface area is 142 Å². The summed E-state index contributed by atoms with van der Waals surface area (Å²) in [6.45, 7) is 4.95. The molecule has 0 aliphatic rings. The number of carbonyl (C=O) groups is 1. The number of aryl methyl sites for hydroxylation is 1. The number of amides is 1. The second kappa shape index (κ2) is 8.74. The molecule has 2 rings (SSSR count). The number of rotatable bonds is 7. The van der Waals surface area contributed by atoms with Crippen LogP contribution in [0.5, 0.6) is 11.5 Å². The first kappa shape index (κ1) is 17.6. The van der Waals surface area contributed by atoms with E-state index in [4.69, 9.17) is 15.3 Å². The maximum atomic E-state index is 11.2. The number of nitrogens with two attached hydrogens (primary N) is 1. The zero-order valence-electron chi connectivity index (χ0n) is 13.9. The highest BCUT2D eigenvalue weighted by Crippen LogP contribution is 2.29. The molecule has 5 heteroatoms. The van der Waals surface area contributed by atoms with E-state index < -0.39 is 0 Å². The molecule has 126 valence electrons. The smallest absolute Gasteiger partial charge is 0.257 e. The van der Waals surface area contributed by atoms with Crippen LogP contribution in [0.3, 0.4) is 0 Å². The number of hydrogen-bond donors (Lipinski definition) is 2. The molecule has 0 saturated heterocycles. The van der Waals surface area contributed by atoms with E-state index in [1.165, 1.54) is 11.6 Å². The summed E-state index contributed by atoms with van der Waals surface area (Å²) >= 11 is 0. The van der Waals surface area contributed by atoms with Crippen molar-refractivity contribution in [1.82, 2.24) is 5.43 Å². The summed E-state index contributed by atoms with van der Waals surface area (Å²) in [5, 5.41) is 0. The van der Waals surface area contributed by atoms with Gasteiger partial charge in [0.05, 0.1) is 6.61 Å². The van der Waals surface area contributed by atoms with Gasteiger partial charge in [0.25, 0.3) is 5.91 Å². The van der Waals surface area contributed by atoms with Crippen molar-refractivity contribution in [1.29, 1.82) is 0 Å². The molecule has 0 heterocycles. The first-order valence-corrected chi connectivity index (χ1v) is 7.76. The third-order valence-electron chi connectivity index (χ3n) is 3.35. The molecule has 0 saturated carbocycles. The van der Waals surface area contributed by atoms with E-state index in [9.17, 15) is 4.79 Å². The Hall–Kier alpha value is -2.79. The van der Waals surface area contributed by atoms with Crippen molar-refractivity contribution in [3.8, 4) is 11.5 Å². The molecule has 0 atom stereocenters. The maximum absolute atomic E-state index is 11.2. The van der Waals surface area contributed by atoms with Crippen molar-refractivity contribution in [2.45, 2.75) is 20.5 Å². The summed E-state index contributed by atoms with van der Waals surface area (Å²) in [7, 11) is 0. The Morgan fingerprint density at radius 1 is 1.12 bits per heavy atom. The molecular formula is C19H22N2O3. The molecule has 1 amide bonds. The molecular weight excluding hydrogens is 304 g/mol. The van der Waals surface area contributed by atoms with Gasteiger partial charge in [-0.15, -0.1) is 0 Å². The molecule has 2 aromatic rings. The standard InChI is InChI=1S/C19H22N2O3/c1-3-23-18-12-15(9-11-19(22)21-20)8-10-17(18)24-13-16-6-4-14(2)5-7-16/h4-12H,3,13,20H2,1-2H3,(H,21,22)/b11-9+. The van der Waals surface area contributed by atoms with Crippen LogP contribution in [-0.2, 0) is 11.4 Å². The van der Waals surface area contributed by atoms with Gasteiger partial charge in [0.15, 0.2) is 11.5 Å². The third-order valence-corrected chi connectivity index (χ3v) is 3.35. The lowest BCUT2D eigenvalue weighted by atomic mass is 10.1. The van der Waals surface area contributed by atoms with Crippen molar-refractivity contribution in [2.75, 3.05) is 6.61 Å². The fraction of sp³-hybridized carbons (Fsp3) is 0.211. The van der Waals surface area contributed by atoms with Crippen LogP contribution in [0.2, 0.25) is 0 Å². The van der Waals surface area contributed by atoms with Crippen molar-refractivity contribution in [3.05, 3.63) is 65.2 Å². The molecule has 0 unspecified atom stereocenters. The monoisotopic (exact) mass is 326 g/mol. The first-order valence-electron chi connectivity index (χ1n) is 7.76. The second-order valence-corrected chi connectivity index (χ2v) is 5.26. The largest absolute Gasteiger partial charge is 0.490 e. The maximum Gasteiger partial charge on any atom is 0.257 e. The molecule has 5 nitrogen and oxygen atoms in total. The topological polar surface area (TPSA) is 73.6 Å². The van der Waals surface area contributed by atoms with Crippen molar-refractivity contribution < 1.29 is 14.3 Å². The predicted octanol–water partition coefficient (Wildman–Crippen LogP) is 2.98. The highest BCUT2D eigenvalue weighted by molar-refractivity contribution is 5.91. The van der Waals surface area contributed by atoms with Gasteiger partial charge in [-0.1, -0.05) is 35.9 Å². The molecule has 0 fully saturated rings. The number of hydrogen-bond acceptors (Lipinski definition) is 4. The summed E-state index contributed by atoms with van der Waals surface area (Å²) < 4.78 is 11.5. The van der Waals surface area contributed by atoms with Gasteiger partial charge in [-0.3, -0.25) is 10.2 Å². The van der Waals surface area contributed by atoms with Gasteiger partial charge in [-0.05, 0) is 43.2 Å². The summed E-state index contributed by atoms with van der Waals surface area (Å²) in [5.74, 6) is 5.98. The number of hydrazine groups is 1. The van der Waals surface area contributed by atoms with Crippen molar-refractivity contribution in [2.24, 2.45) is 5.84 Å². The molecule has 0 aromatic heterocycles. The molecule has 2 aromatic carbocycles. The lowest BCUT2D eigenvalue weighted by Crippen LogP contribution is -2.27. The minimum absolute atomic E-state index is 0.368. The van der Waals surface area contributed by atoms with Crippen LogP contribution < -0.4 is 20.7 Å². The van der Waals surface area contributed by atoms with Gasteiger partial charge >= 0.3 is 0 Å². The van der Waals surface area contributed by atoms with E-state index in [0.29, 0.717) is 24.7 Å². The molecule has 0 bridgehead atoms. The Morgan fingerprint density at radius 3 is 2.54 bits per heavy atom. The zero-order valence-corrected chi connectivity index (χ0v) is 13.9. The van der Waals surface area contributed by atoms with E-state index >= 15 is 0 Å².